The number of anilines is 1. The van der Waals surface area contributed by atoms with Crippen LogP contribution in [0, 0.1) is 0 Å². The van der Waals surface area contributed by atoms with Crippen molar-refractivity contribution in [2.75, 3.05) is 24.4 Å². The van der Waals surface area contributed by atoms with E-state index in [1.54, 1.807) is 24.3 Å². The zero-order valence-corrected chi connectivity index (χ0v) is 14.3. The standard InChI is InChI=1S/C16H27N3O3S.CH4/c17-23(21,22)18-15-8-5-7-14(13-15)16(20)9-6-12-19-10-3-1-2-4-11-19;/h5,7-8,13,16,18,20H,1-4,6,9-12H2,(H2,17,21,22);1H4. The fourth-order valence-electron chi connectivity index (χ4n) is 3.01. The lowest BCUT2D eigenvalue weighted by Gasteiger charge is -2.20. The Morgan fingerprint density at radius 1 is 1.21 bits per heavy atom. The molecule has 0 aliphatic carbocycles. The van der Waals surface area contributed by atoms with Crippen molar-refractivity contribution in [3.63, 3.8) is 0 Å². The van der Waals surface area contributed by atoms with E-state index in [4.69, 9.17) is 5.14 Å². The summed E-state index contributed by atoms with van der Waals surface area (Å²) in [7, 11) is -3.79. The van der Waals surface area contributed by atoms with E-state index in [1.165, 1.54) is 25.7 Å². The molecular weight excluding hydrogens is 326 g/mol. The van der Waals surface area contributed by atoms with Gasteiger partial charge in [0.15, 0.2) is 0 Å². The molecule has 0 spiro atoms. The summed E-state index contributed by atoms with van der Waals surface area (Å²) in [6.07, 6.45) is 6.17. The number of hydrogen-bond acceptors (Lipinski definition) is 4. The van der Waals surface area contributed by atoms with Gasteiger partial charge in [-0.15, -0.1) is 0 Å². The first kappa shape index (κ1) is 20.9. The summed E-state index contributed by atoms with van der Waals surface area (Å²) >= 11 is 0. The number of aliphatic hydroxyl groups is 1. The number of nitrogens with two attached hydrogens (primary N) is 1. The summed E-state index contributed by atoms with van der Waals surface area (Å²) in [5.74, 6) is 0. The van der Waals surface area contributed by atoms with Crippen LogP contribution >= 0.6 is 0 Å². The van der Waals surface area contributed by atoms with Gasteiger partial charge in [-0.2, -0.15) is 8.42 Å². The van der Waals surface area contributed by atoms with Gasteiger partial charge in [0.1, 0.15) is 0 Å². The van der Waals surface area contributed by atoms with Gasteiger partial charge in [0.05, 0.1) is 11.8 Å². The highest BCUT2D eigenvalue weighted by Crippen LogP contribution is 2.22. The maximum atomic E-state index is 11.1. The minimum absolute atomic E-state index is 0. The van der Waals surface area contributed by atoms with Crippen LogP contribution in [-0.4, -0.2) is 38.1 Å². The second-order valence-corrected chi connectivity index (χ2v) is 7.48. The normalized spacial score (nSPS) is 17.6. The third-order valence-corrected chi connectivity index (χ3v) is 4.70. The molecule has 0 radical (unpaired) electrons. The molecule has 6 nitrogen and oxygen atoms in total. The molecule has 7 heteroatoms. The van der Waals surface area contributed by atoms with Gasteiger partial charge < -0.3 is 10.0 Å². The van der Waals surface area contributed by atoms with E-state index in [2.05, 4.69) is 9.62 Å². The zero-order chi connectivity index (χ0) is 16.7. The zero-order valence-electron chi connectivity index (χ0n) is 13.4. The van der Waals surface area contributed by atoms with Crippen LogP contribution in [0.2, 0.25) is 0 Å². The number of hydrogen-bond donors (Lipinski definition) is 3. The van der Waals surface area contributed by atoms with Gasteiger partial charge >= 0.3 is 0 Å². The van der Waals surface area contributed by atoms with Crippen molar-refractivity contribution in [2.45, 2.75) is 52.1 Å². The van der Waals surface area contributed by atoms with Crippen LogP contribution in [0.15, 0.2) is 24.3 Å². The van der Waals surface area contributed by atoms with Crippen LogP contribution in [0.25, 0.3) is 0 Å². The number of nitrogens with one attached hydrogen (secondary N) is 1. The van der Waals surface area contributed by atoms with Crippen molar-refractivity contribution in [1.29, 1.82) is 0 Å². The van der Waals surface area contributed by atoms with E-state index in [0.717, 1.165) is 26.1 Å². The predicted molar refractivity (Wildman–Crippen MR) is 99.0 cm³/mol. The third kappa shape index (κ3) is 7.61. The van der Waals surface area contributed by atoms with Crippen molar-refractivity contribution in [1.82, 2.24) is 4.90 Å². The molecule has 1 aromatic carbocycles. The lowest BCUT2D eigenvalue weighted by molar-refractivity contribution is 0.156. The SMILES string of the molecule is C.NS(=O)(=O)Nc1cccc(C(O)CCCN2CCCCCC2)c1. The van der Waals surface area contributed by atoms with Crippen molar-refractivity contribution in [3.05, 3.63) is 29.8 Å². The van der Waals surface area contributed by atoms with Crippen molar-refractivity contribution in [2.24, 2.45) is 5.14 Å². The van der Waals surface area contributed by atoms with Crippen LogP contribution in [0.4, 0.5) is 5.69 Å². The minimum atomic E-state index is -3.79. The van der Waals surface area contributed by atoms with E-state index in [-0.39, 0.29) is 7.43 Å². The Balaban J connectivity index is 0.00000288. The molecule has 1 fully saturated rings. The molecule has 1 aliphatic heterocycles. The van der Waals surface area contributed by atoms with Crippen LogP contribution in [0.5, 0.6) is 0 Å². The molecule has 1 atom stereocenters. The largest absolute Gasteiger partial charge is 0.388 e. The number of likely N-dealkylation sites (tertiary alicyclic amines) is 1. The molecule has 1 saturated heterocycles. The lowest BCUT2D eigenvalue weighted by atomic mass is 10.0. The molecule has 2 rings (SSSR count). The van der Waals surface area contributed by atoms with E-state index >= 15 is 0 Å². The first-order valence-electron chi connectivity index (χ1n) is 8.25. The van der Waals surface area contributed by atoms with E-state index in [1.807, 2.05) is 0 Å². The van der Waals surface area contributed by atoms with Gasteiger partial charge in [0.25, 0.3) is 10.2 Å². The van der Waals surface area contributed by atoms with E-state index in [9.17, 15) is 13.5 Å². The van der Waals surface area contributed by atoms with Gasteiger partial charge in [-0.25, -0.2) is 5.14 Å². The topological polar surface area (TPSA) is 95.7 Å². The molecule has 0 amide bonds. The molecule has 4 N–H and O–H groups in total. The predicted octanol–water partition coefficient (Wildman–Crippen LogP) is 2.63. The lowest BCUT2D eigenvalue weighted by Crippen LogP contribution is -2.26. The Hall–Kier alpha value is -1.15. The van der Waals surface area contributed by atoms with Gasteiger partial charge in [-0.3, -0.25) is 4.72 Å². The summed E-state index contributed by atoms with van der Waals surface area (Å²) in [6, 6.07) is 6.74. The number of rotatable bonds is 7. The molecule has 1 heterocycles. The molecule has 138 valence electrons. The molecule has 1 aromatic rings. The van der Waals surface area contributed by atoms with Crippen molar-refractivity contribution >= 4 is 15.9 Å². The van der Waals surface area contributed by atoms with Crippen LogP contribution in [-0.2, 0) is 10.2 Å². The molecular formula is C17H31N3O3S. The Morgan fingerprint density at radius 3 is 2.50 bits per heavy atom. The molecule has 0 saturated carbocycles. The molecule has 0 bridgehead atoms. The van der Waals surface area contributed by atoms with Gasteiger partial charge in [0, 0.05) is 0 Å². The van der Waals surface area contributed by atoms with Gasteiger partial charge in [-0.1, -0.05) is 32.4 Å². The van der Waals surface area contributed by atoms with Crippen molar-refractivity contribution in [3.8, 4) is 0 Å². The average Bonchev–Trinajstić information content (AvgIpc) is 2.74. The first-order valence-corrected chi connectivity index (χ1v) is 9.79. The highest BCUT2D eigenvalue weighted by atomic mass is 32.2. The second-order valence-electron chi connectivity index (χ2n) is 6.19. The quantitative estimate of drug-likeness (QED) is 0.699. The number of aliphatic hydroxyl groups excluding tert-OH is 1. The summed E-state index contributed by atoms with van der Waals surface area (Å²) < 4.78 is 24.3. The summed E-state index contributed by atoms with van der Waals surface area (Å²) in [4.78, 5) is 2.47. The summed E-state index contributed by atoms with van der Waals surface area (Å²) in [5.41, 5.74) is 1.08. The smallest absolute Gasteiger partial charge is 0.296 e. The number of benzene rings is 1. The van der Waals surface area contributed by atoms with E-state index in [0.29, 0.717) is 17.7 Å². The maximum Gasteiger partial charge on any atom is 0.296 e. The highest BCUT2D eigenvalue weighted by Gasteiger charge is 2.12. The van der Waals surface area contributed by atoms with Crippen LogP contribution < -0.4 is 9.86 Å². The first-order chi connectivity index (χ1) is 10.9. The monoisotopic (exact) mass is 357 g/mol. The fourth-order valence-corrected chi connectivity index (χ4v) is 3.46. The Bertz CT molecular complexity index is 584. The van der Waals surface area contributed by atoms with Crippen LogP contribution in [0.3, 0.4) is 0 Å². The molecule has 1 aliphatic rings. The number of nitrogens with zero attached hydrogens (tertiary/aromatic N) is 1. The second kappa shape index (κ2) is 9.98. The third-order valence-electron chi connectivity index (χ3n) is 4.18. The maximum absolute atomic E-state index is 11.1. The summed E-state index contributed by atoms with van der Waals surface area (Å²) in [6.45, 7) is 3.32. The highest BCUT2D eigenvalue weighted by molar-refractivity contribution is 7.90. The molecule has 24 heavy (non-hydrogen) atoms. The Morgan fingerprint density at radius 2 is 1.88 bits per heavy atom. The van der Waals surface area contributed by atoms with Gasteiger partial charge in [-0.05, 0) is 63.0 Å². The Kier molecular flexibility index (Phi) is 8.69. The van der Waals surface area contributed by atoms with Crippen molar-refractivity contribution < 1.29 is 13.5 Å². The fraction of sp³-hybridized carbons (Fsp3) is 0.647. The minimum Gasteiger partial charge on any atom is -0.388 e. The van der Waals surface area contributed by atoms with Gasteiger partial charge in [0.2, 0.25) is 0 Å². The molecule has 1 unspecified atom stereocenters. The van der Waals surface area contributed by atoms with Crippen LogP contribution in [0.1, 0.15) is 57.6 Å². The molecule has 0 aromatic heterocycles. The van der Waals surface area contributed by atoms with E-state index < -0.39 is 16.3 Å². The average molecular weight is 358 g/mol. The Labute approximate surface area is 146 Å². The summed E-state index contributed by atoms with van der Waals surface area (Å²) in [5, 5.41) is 15.3.